The highest BCUT2D eigenvalue weighted by atomic mass is 16.5. The van der Waals surface area contributed by atoms with Crippen molar-refractivity contribution in [2.75, 3.05) is 7.11 Å². The van der Waals surface area contributed by atoms with Crippen LogP contribution in [0.3, 0.4) is 0 Å². The molecule has 0 unspecified atom stereocenters. The van der Waals surface area contributed by atoms with Crippen LogP contribution in [-0.2, 0) is 9.53 Å². The normalized spacial score (nSPS) is 13.5. The number of rotatable bonds is 5. The van der Waals surface area contributed by atoms with Gasteiger partial charge < -0.3 is 10.1 Å². The van der Waals surface area contributed by atoms with Crippen molar-refractivity contribution in [1.82, 2.24) is 5.32 Å². The van der Waals surface area contributed by atoms with Gasteiger partial charge in [-0.25, -0.2) is 0 Å². The molecule has 0 aromatic heterocycles. The molecule has 0 heterocycles. The van der Waals surface area contributed by atoms with Crippen molar-refractivity contribution in [2.45, 2.75) is 39.2 Å². The molecule has 0 spiro atoms. The molecule has 0 aliphatic rings. The number of ether oxygens (including phenoxy) is 1. The number of esters is 1. The van der Waals surface area contributed by atoms with E-state index in [0.29, 0.717) is 12.0 Å². The van der Waals surface area contributed by atoms with Crippen LogP contribution >= 0.6 is 0 Å². The monoisotopic (exact) mass is 263 g/mol. The van der Waals surface area contributed by atoms with Crippen LogP contribution in [0.5, 0.6) is 0 Å². The van der Waals surface area contributed by atoms with Gasteiger partial charge in [0.05, 0.1) is 13.5 Å². The summed E-state index contributed by atoms with van der Waals surface area (Å²) in [7, 11) is 1.35. The van der Waals surface area contributed by atoms with Crippen molar-refractivity contribution in [3.63, 3.8) is 0 Å². The average Bonchev–Trinajstić information content (AvgIpc) is 2.38. The van der Waals surface area contributed by atoms with Gasteiger partial charge >= 0.3 is 5.97 Å². The Kier molecular flexibility index (Phi) is 5.10. The molecule has 1 atom stereocenters. The molecule has 4 nitrogen and oxygen atoms in total. The summed E-state index contributed by atoms with van der Waals surface area (Å²) in [5.41, 5.74) is 0.954. The van der Waals surface area contributed by atoms with Crippen LogP contribution in [0.25, 0.3) is 0 Å². The fourth-order valence-electron chi connectivity index (χ4n) is 1.82. The van der Waals surface area contributed by atoms with Crippen molar-refractivity contribution in [3.8, 4) is 0 Å². The molecule has 1 amide bonds. The number of nitrogens with one attached hydrogen (secondary N) is 1. The molecule has 1 aromatic rings. The van der Waals surface area contributed by atoms with Crippen LogP contribution in [0, 0.1) is 6.92 Å². The first-order valence-corrected chi connectivity index (χ1v) is 6.37. The van der Waals surface area contributed by atoms with Crippen LogP contribution in [-0.4, -0.2) is 24.5 Å². The first kappa shape index (κ1) is 15.2. The Labute approximate surface area is 114 Å². The summed E-state index contributed by atoms with van der Waals surface area (Å²) >= 11 is 0. The van der Waals surface area contributed by atoms with Gasteiger partial charge in [-0.15, -0.1) is 0 Å². The summed E-state index contributed by atoms with van der Waals surface area (Å²) in [6.45, 7) is 5.67. The van der Waals surface area contributed by atoms with Gasteiger partial charge in [0, 0.05) is 11.1 Å². The summed E-state index contributed by atoms with van der Waals surface area (Å²) < 4.78 is 4.67. The summed E-state index contributed by atoms with van der Waals surface area (Å²) in [5.74, 6) is -0.485. The van der Waals surface area contributed by atoms with Crippen molar-refractivity contribution >= 4 is 11.9 Å². The molecule has 0 bridgehead atoms. The lowest BCUT2D eigenvalue weighted by atomic mass is 9.93. The second kappa shape index (κ2) is 6.36. The van der Waals surface area contributed by atoms with Crippen molar-refractivity contribution in [1.29, 1.82) is 0 Å². The van der Waals surface area contributed by atoms with E-state index < -0.39 is 5.54 Å². The van der Waals surface area contributed by atoms with E-state index in [0.717, 1.165) is 5.56 Å². The van der Waals surface area contributed by atoms with Gasteiger partial charge in [-0.1, -0.05) is 25.1 Å². The molecule has 0 saturated heterocycles. The highest BCUT2D eigenvalue weighted by molar-refractivity contribution is 5.96. The van der Waals surface area contributed by atoms with Gasteiger partial charge in [0.2, 0.25) is 0 Å². The lowest BCUT2D eigenvalue weighted by Gasteiger charge is -2.28. The predicted octanol–water partition coefficient (Wildman–Crippen LogP) is 2.46. The quantitative estimate of drug-likeness (QED) is 0.830. The maximum atomic E-state index is 12.2. The number of amides is 1. The third kappa shape index (κ3) is 4.09. The van der Waals surface area contributed by atoms with Gasteiger partial charge in [0.25, 0.3) is 5.91 Å². The molecule has 1 N–H and O–H groups in total. The maximum Gasteiger partial charge on any atom is 0.307 e. The third-order valence-corrected chi connectivity index (χ3v) is 3.35. The molecule has 4 heteroatoms. The Bertz CT molecular complexity index is 470. The standard InChI is InChI=1S/C15H21NO3/c1-5-15(3,10-13(17)19-4)16-14(18)12-9-7-6-8-11(12)2/h6-9H,5,10H2,1-4H3,(H,16,18)/t15-/m0/s1. The molecule has 0 radical (unpaired) electrons. The number of benzene rings is 1. The minimum absolute atomic E-state index is 0.161. The summed E-state index contributed by atoms with van der Waals surface area (Å²) in [6, 6.07) is 7.38. The average molecular weight is 263 g/mol. The van der Waals surface area contributed by atoms with E-state index >= 15 is 0 Å². The van der Waals surface area contributed by atoms with Crippen molar-refractivity contribution in [3.05, 3.63) is 35.4 Å². The second-order valence-corrected chi connectivity index (χ2v) is 4.94. The Morgan fingerprint density at radius 3 is 2.47 bits per heavy atom. The Balaban J connectivity index is 2.84. The van der Waals surface area contributed by atoms with Gasteiger partial charge in [0.15, 0.2) is 0 Å². The first-order valence-electron chi connectivity index (χ1n) is 6.37. The summed E-state index contributed by atoms with van der Waals surface area (Å²) in [5, 5.41) is 2.93. The second-order valence-electron chi connectivity index (χ2n) is 4.94. The van der Waals surface area contributed by atoms with Crippen LogP contribution in [0.2, 0.25) is 0 Å². The maximum absolute atomic E-state index is 12.2. The number of carbonyl (C=O) groups excluding carboxylic acids is 2. The highest BCUT2D eigenvalue weighted by Gasteiger charge is 2.28. The smallest absolute Gasteiger partial charge is 0.307 e. The minimum Gasteiger partial charge on any atom is -0.469 e. The van der Waals surface area contributed by atoms with E-state index in [9.17, 15) is 9.59 Å². The fraction of sp³-hybridized carbons (Fsp3) is 0.467. The van der Waals surface area contributed by atoms with Crippen molar-refractivity contribution < 1.29 is 14.3 Å². The molecular formula is C15H21NO3. The molecule has 0 aliphatic heterocycles. The van der Waals surface area contributed by atoms with Crippen LogP contribution < -0.4 is 5.32 Å². The van der Waals surface area contributed by atoms with E-state index in [2.05, 4.69) is 10.1 Å². The number of aryl methyl sites for hydroxylation is 1. The first-order chi connectivity index (χ1) is 8.91. The Hall–Kier alpha value is -1.84. The zero-order valence-electron chi connectivity index (χ0n) is 11.9. The zero-order chi connectivity index (χ0) is 14.5. The lowest BCUT2D eigenvalue weighted by molar-refractivity contribution is -0.142. The molecule has 0 fully saturated rings. The number of hydrogen-bond acceptors (Lipinski definition) is 3. The molecule has 0 aliphatic carbocycles. The van der Waals surface area contributed by atoms with Gasteiger partial charge in [0.1, 0.15) is 0 Å². The van der Waals surface area contributed by atoms with E-state index in [4.69, 9.17) is 0 Å². The van der Waals surface area contributed by atoms with E-state index in [1.807, 2.05) is 39.0 Å². The minimum atomic E-state index is -0.591. The molecule has 104 valence electrons. The van der Waals surface area contributed by atoms with Gasteiger partial charge in [-0.2, -0.15) is 0 Å². The third-order valence-electron chi connectivity index (χ3n) is 3.35. The van der Waals surface area contributed by atoms with Crippen LogP contribution in [0.15, 0.2) is 24.3 Å². The molecule has 19 heavy (non-hydrogen) atoms. The number of hydrogen-bond donors (Lipinski definition) is 1. The highest BCUT2D eigenvalue weighted by Crippen LogP contribution is 2.17. The SMILES string of the molecule is CC[C@@](C)(CC(=O)OC)NC(=O)c1ccccc1C. The van der Waals surface area contributed by atoms with Crippen molar-refractivity contribution in [2.24, 2.45) is 0 Å². The van der Waals surface area contributed by atoms with E-state index in [1.54, 1.807) is 6.07 Å². The fourth-order valence-corrected chi connectivity index (χ4v) is 1.82. The number of carbonyl (C=O) groups is 2. The summed E-state index contributed by atoms with van der Waals surface area (Å²) in [4.78, 5) is 23.6. The predicted molar refractivity (Wildman–Crippen MR) is 74.0 cm³/mol. The lowest BCUT2D eigenvalue weighted by Crippen LogP contribution is -2.47. The topological polar surface area (TPSA) is 55.4 Å². The van der Waals surface area contributed by atoms with Crippen LogP contribution in [0.1, 0.15) is 42.6 Å². The number of methoxy groups -OCH3 is 1. The largest absolute Gasteiger partial charge is 0.469 e. The Morgan fingerprint density at radius 2 is 1.95 bits per heavy atom. The van der Waals surface area contributed by atoms with E-state index in [1.165, 1.54) is 7.11 Å². The molecule has 1 aromatic carbocycles. The summed E-state index contributed by atoms with van der Waals surface area (Å²) in [6.07, 6.45) is 0.817. The Morgan fingerprint density at radius 1 is 1.32 bits per heavy atom. The van der Waals surface area contributed by atoms with E-state index in [-0.39, 0.29) is 18.3 Å². The molecule has 0 saturated carbocycles. The van der Waals surface area contributed by atoms with Gasteiger partial charge in [-0.05, 0) is 31.9 Å². The molecular weight excluding hydrogens is 242 g/mol. The van der Waals surface area contributed by atoms with Crippen LogP contribution in [0.4, 0.5) is 0 Å². The molecule has 1 rings (SSSR count). The zero-order valence-corrected chi connectivity index (χ0v) is 11.9. The van der Waals surface area contributed by atoms with Gasteiger partial charge in [-0.3, -0.25) is 9.59 Å².